The van der Waals surface area contributed by atoms with E-state index in [1.807, 2.05) is 0 Å². The second-order valence-electron chi connectivity index (χ2n) is 5.16. The Hall–Kier alpha value is -3.55. The van der Waals surface area contributed by atoms with E-state index in [-0.39, 0.29) is 0 Å². The monoisotopic (exact) mass is 356 g/mol. The second kappa shape index (κ2) is 7.56. The first-order valence-electron chi connectivity index (χ1n) is 7.60. The Morgan fingerprint density at radius 1 is 1.00 bits per heavy atom. The molecule has 0 saturated carbocycles. The third-order valence-corrected chi connectivity index (χ3v) is 3.43. The van der Waals surface area contributed by atoms with Crippen molar-refractivity contribution >= 4 is 17.0 Å². The van der Waals surface area contributed by atoms with Gasteiger partial charge in [0.2, 0.25) is 5.88 Å². The number of carbonyl (C=O) groups is 1. The Kier molecular flexibility index (Phi) is 5.02. The van der Waals surface area contributed by atoms with Crippen LogP contribution in [0.4, 0.5) is 0 Å². The van der Waals surface area contributed by atoms with E-state index in [1.165, 1.54) is 6.20 Å². The van der Waals surface area contributed by atoms with Crippen molar-refractivity contribution < 1.29 is 28.8 Å². The third kappa shape index (κ3) is 3.92. The zero-order valence-corrected chi connectivity index (χ0v) is 14.1. The summed E-state index contributed by atoms with van der Waals surface area (Å²) in [6.45, 7) is -0.401. The van der Waals surface area contributed by atoms with Crippen molar-refractivity contribution in [2.24, 2.45) is 0 Å². The quantitative estimate of drug-likeness (QED) is 0.690. The van der Waals surface area contributed by atoms with Crippen molar-refractivity contribution in [1.82, 2.24) is 9.97 Å². The highest BCUT2D eigenvalue weighted by Crippen LogP contribution is 2.31. The van der Waals surface area contributed by atoms with Gasteiger partial charge >= 0.3 is 5.97 Å². The van der Waals surface area contributed by atoms with Crippen molar-refractivity contribution in [3.05, 3.63) is 42.6 Å². The number of ether oxygens (including phenoxy) is 4. The van der Waals surface area contributed by atoms with Crippen molar-refractivity contribution in [2.75, 3.05) is 20.8 Å². The lowest BCUT2D eigenvalue weighted by Crippen LogP contribution is -2.09. The van der Waals surface area contributed by atoms with Crippen LogP contribution in [0.2, 0.25) is 0 Å². The minimum atomic E-state index is -1.04. The van der Waals surface area contributed by atoms with Crippen molar-refractivity contribution in [3.63, 3.8) is 0 Å². The zero-order chi connectivity index (χ0) is 18.5. The minimum Gasteiger partial charge on any atom is -0.493 e. The molecule has 0 bridgehead atoms. The molecule has 8 nitrogen and oxygen atoms in total. The molecule has 0 aliphatic carbocycles. The molecule has 3 rings (SSSR count). The molecule has 1 aromatic heterocycles. The highest BCUT2D eigenvalue weighted by Gasteiger charge is 2.09. The van der Waals surface area contributed by atoms with Gasteiger partial charge in [0.15, 0.2) is 18.1 Å². The summed E-state index contributed by atoms with van der Waals surface area (Å²) in [4.78, 5) is 19.2. The Balaban J connectivity index is 1.79. The van der Waals surface area contributed by atoms with Crippen LogP contribution in [0.1, 0.15) is 0 Å². The number of methoxy groups -OCH3 is 2. The first kappa shape index (κ1) is 17.3. The van der Waals surface area contributed by atoms with Gasteiger partial charge < -0.3 is 24.1 Å². The number of aliphatic carboxylic acids is 1. The van der Waals surface area contributed by atoms with Crippen molar-refractivity contribution in [3.8, 4) is 28.9 Å². The third-order valence-electron chi connectivity index (χ3n) is 3.43. The molecular formula is C18H16N2O6. The van der Waals surface area contributed by atoms with Crippen LogP contribution in [-0.4, -0.2) is 41.9 Å². The summed E-state index contributed by atoms with van der Waals surface area (Å²) >= 11 is 0. The van der Waals surface area contributed by atoms with Gasteiger partial charge in [-0.25, -0.2) is 14.8 Å². The predicted molar refractivity (Wildman–Crippen MR) is 92.3 cm³/mol. The van der Waals surface area contributed by atoms with Crippen LogP contribution in [0.3, 0.4) is 0 Å². The Morgan fingerprint density at radius 3 is 2.23 bits per heavy atom. The highest BCUT2D eigenvalue weighted by atomic mass is 16.5. The van der Waals surface area contributed by atoms with E-state index >= 15 is 0 Å². The molecule has 1 N–H and O–H groups in total. The van der Waals surface area contributed by atoms with E-state index in [1.54, 1.807) is 50.6 Å². The maximum atomic E-state index is 10.5. The molecule has 134 valence electrons. The maximum Gasteiger partial charge on any atom is 0.341 e. The molecule has 2 aromatic carbocycles. The van der Waals surface area contributed by atoms with Gasteiger partial charge in [0.1, 0.15) is 11.5 Å². The van der Waals surface area contributed by atoms with E-state index in [0.29, 0.717) is 39.9 Å². The normalized spacial score (nSPS) is 10.4. The zero-order valence-electron chi connectivity index (χ0n) is 14.1. The van der Waals surface area contributed by atoms with E-state index in [0.717, 1.165) is 0 Å². The van der Waals surface area contributed by atoms with E-state index in [4.69, 9.17) is 24.1 Å². The molecule has 0 amide bonds. The van der Waals surface area contributed by atoms with Gasteiger partial charge in [-0.1, -0.05) is 0 Å². The molecule has 26 heavy (non-hydrogen) atoms. The minimum absolute atomic E-state index is 0.309. The average Bonchev–Trinajstić information content (AvgIpc) is 2.66. The fraction of sp³-hybridized carbons (Fsp3) is 0.167. The van der Waals surface area contributed by atoms with Crippen molar-refractivity contribution in [1.29, 1.82) is 0 Å². The SMILES string of the molecule is COc1cc2ncc(Oc3ccc(OCC(=O)O)cc3)nc2cc1OC. The van der Waals surface area contributed by atoms with Crippen LogP contribution in [-0.2, 0) is 4.79 Å². The molecule has 0 saturated heterocycles. The summed E-state index contributed by atoms with van der Waals surface area (Å²) in [6.07, 6.45) is 1.50. The molecule has 0 unspecified atom stereocenters. The van der Waals surface area contributed by atoms with Gasteiger partial charge in [-0.15, -0.1) is 0 Å². The summed E-state index contributed by atoms with van der Waals surface area (Å²) in [5, 5.41) is 8.60. The van der Waals surface area contributed by atoms with Crippen LogP contribution in [0.5, 0.6) is 28.9 Å². The van der Waals surface area contributed by atoms with Crippen LogP contribution in [0.25, 0.3) is 11.0 Å². The first-order chi connectivity index (χ1) is 12.6. The lowest BCUT2D eigenvalue weighted by molar-refractivity contribution is -0.139. The Morgan fingerprint density at radius 2 is 1.62 bits per heavy atom. The second-order valence-corrected chi connectivity index (χ2v) is 5.16. The van der Waals surface area contributed by atoms with Crippen LogP contribution in [0.15, 0.2) is 42.6 Å². The first-order valence-corrected chi connectivity index (χ1v) is 7.60. The van der Waals surface area contributed by atoms with Crippen LogP contribution in [0, 0.1) is 0 Å². The number of benzene rings is 2. The summed E-state index contributed by atoms with van der Waals surface area (Å²) in [5.74, 6) is 1.34. The summed E-state index contributed by atoms with van der Waals surface area (Å²) in [5.41, 5.74) is 1.24. The predicted octanol–water partition coefficient (Wildman–Crippen LogP) is 2.90. The molecule has 0 radical (unpaired) electrons. The summed E-state index contributed by atoms with van der Waals surface area (Å²) in [6, 6.07) is 9.98. The highest BCUT2D eigenvalue weighted by molar-refractivity contribution is 5.79. The topological polar surface area (TPSA) is 100 Å². The van der Waals surface area contributed by atoms with Gasteiger partial charge in [0.25, 0.3) is 0 Å². The Bertz CT molecular complexity index is 927. The number of hydrogen-bond acceptors (Lipinski definition) is 7. The number of rotatable bonds is 7. The average molecular weight is 356 g/mol. The largest absolute Gasteiger partial charge is 0.493 e. The number of fused-ring (bicyclic) bond motifs is 1. The van der Waals surface area contributed by atoms with Gasteiger partial charge in [-0.3, -0.25) is 0 Å². The fourth-order valence-corrected chi connectivity index (χ4v) is 2.24. The maximum absolute atomic E-state index is 10.5. The molecule has 0 fully saturated rings. The summed E-state index contributed by atoms with van der Waals surface area (Å²) in [7, 11) is 3.10. The molecule has 1 heterocycles. The lowest BCUT2D eigenvalue weighted by Gasteiger charge is -2.10. The van der Waals surface area contributed by atoms with Gasteiger partial charge in [-0.05, 0) is 24.3 Å². The van der Waals surface area contributed by atoms with E-state index in [9.17, 15) is 4.79 Å². The van der Waals surface area contributed by atoms with Gasteiger partial charge in [-0.2, -0.15) is 0 Å². The standard InChI is InChI=1S/C18H16N2O6/c1-23-15-7-13-14(8-16(15)24-2)20-17(9-19-13)26-12-5-3-11(4-6-12)25-10-18(21)22/h3-9H,10H2,1-2H3,(H,21,22). The number of carboxylic acids is 1. The molecular weight excluding hydrogens is 340 g/mol. The van der Waals surface area contributed by atoms with Crippen LogP contribution < -0.4 is 18.9 Å². The Labute approximate surface area is 148 Å². The fourth-order valence-electron chi connectivity index (χ4n) is 2.24. The lowest BCUT2D eigenvalue weighted by atomic mass is 10.2. The van der Waals surface area contributed by atoms with E-state index in [2.05, 4.69) is 9.97 Å². The van der Waals surface area contributed by atoms with E-state index < -0.39 is 12.6 Å². The number of aromatic nitrogens is 2. The number of hydrogen-bond donors (Lipinski definition) is 1. The smallest absolute Gasteiger partial charge is 0.341 e. The molecule has 0 aliphatic rings. The number of nitrogens with zero attached hydrogens (tertiary/aromatic N) is 2. The van der Waals surface area contributed by atoms with Gasteiger partial charge in [0, 0.05) is 12.1 Å². The van der Waals surface area contributed by atoms with Gasteiger partial charge in [0.05, 0.1) is 31.4 Å². The number of carboxylic acid groups (broad SMARTS) is 1. The molecule has 0 aliphatic heterocycles. The molecule has 3 aromatic rings. The molecule has 0 atom stereocenters. The molecule has 8 heteroatoms. The summed E-state index contributed by atoms with van der Waals surface area (Å²) < 4.78 is 21.3. The molecule has 0 spiro atoms. The van der Waals surface area contributed by atoms with Crippen molar-refractivity contribution in [2.45, 2.75) is 0 Å². The van der Waals surface area contributed by atoms with Crippen LogP contribution >= 0.6 is 0 Å².